The number of likely N-dealkylation sites (N-methyl/N-ethyl adjacent to an activating group) is 1. The van der Waals surface area contributed by atoms with Gasteiger partial charge >= 0.3 is 0 Å². The third-order valence-corrected chi connectivity index (χ3v) is 4.20. The van der Waals surface area contributed by atoms with Crippen LogP contribution >= 0.6 is 0 Å². The van der Waals surface area contributed by atoms with Crippen LogP contribution in [0.2, 0.25) is 0 Å². The Balaban J connectivity index is 2.07. The lowest BCUT2D eigenvalue weighted by molar-refractivity contribution is -0.139. The summed E-state index contributed by atoms with van der Waals surface area (Å²) in [5.41, 5.74) is 0. The first-order valence-corrected chi connectivity index (χ1v) is 6.85. The van der Waals surface area contributed by atoms with E-state index in [1.165, 1.54) is 19.3 Å². The molecule has 98 valence electrons. The molecule has 1 saturated carbocycles. The number of aliphatic hydroxyl groups excluding tert-OH is 1. The van der Waals surface area contributed by atoms with E-state index >= 15 is 0 Å². The van der Waals surface area contributed by atoms with Gasteiger partial charge in [0.05, 0.1) is 6.61 Å². The fourth-order valence-electron chi connectivity index (χ4n) is 3.11. The van der Waals surface area contributed by atoms with E-state index in [0.717, 1.165) is 32.4 Å². The molecule has 4 heteroatoms. The molecule has 1 N–H and O–H groups in total. The van der Waals surface area contributed by atoms with E-state index in [1.807, 2.05) is 16.8 Å². The highest BCUT2D eigenvalue weighted by Gasteiger charge is 2.34. The van der Waals surface area contributed by atoms with Crippen LogP contribution in [0.5, 0.6) is 0 Å². The zero-order valence-electron chi connectivity index (χ0n) is 10.8. The van der Waals surface area contributed by atoms with Crippen molar-refractivity contribution >= 4 is 5.91 Å². The summed E-state index contributed by atoms with van der Waals surface area (Å²) in [6, 6.07) is 0.108. The Hall–Kier alpha value is -0.610. The normalized spacial score (nSPS) is 29.4. The summed E-state index contributed by atoms with van der Waals surface area (Å²) in [5, 5.41) is 9.38. The molecule has 17 heavy (non-hydrogen) atoms. The average molecular weight is 240 g/mol. The van der Waals surface area contributed by atoms with Gasteiger partial charge in [0.25, 0.3) is 0 Å². The lowest BCUT2D eigenvalue weighted by Crippen LogP contribution is -2.50. The van der Waals surface area contributed by atoms with E-state index in [0.29, 0.717) is 6.04 Å². The van der Waals surface area contributed by atoms with Crippen LogP contribution in [0.15, 0.2) is 0 Å². The van der Waals surface area contributed by atoms with Gasteiger partial charge in [-0.3, -0.25) is 9.69 Å². The van der Waals surface area contributed by atoms with Gasteiger partial charge in [0.15, 0.2) is 0 Å². The van der Waals surface area contributed by atoms with Crippen LogP contribution in [-0.2, 0) is 4.79 Å². The number of carbonyl (C=O) groups excluding carboxylic acids is 1. The summed E-state index contributed by atoms with van der Waals surface area (Å²) in [4.78, 5) is 16.4. The van der Waals surface area contributed by atoms with E-state index in [4.69, 9.17) is 0 Å². The van der Waals surface area contributed by atoms with Crippen LogP contribution < -0.4 is 0 Å². The minimum absolute atomic E-state index is 0.0570. The topological polar surface area (TPSA) is 43.8 Å². The Labute approximate surface area is 104 Å². The molecule has 0 spiro atoms. The molecule has 4 nitrogen and oxygen atoms in total. The monoisotopic (exact) mass is 240 g/mol. The Bertz CT molecular complexity index is 264. The van der Waals surface area contributed by atoms with Crippen molar-refractivity contribution in [3.05, 3.63) is 0 Å². The summed E-state index contributed by atoms with van der Waals surface area (Å²) < 4.78 is 0. The molecular weight excluding hydrogens is 216 g/mol. The van der Waals surface area contributed by atoms with Crippen molar-refractivity contribution < 1.29 is 9.90 Å². The van der Waals surface area contributed by atoms with Gasteiger partial charge < -0.3 is 10.0 Å². The van der Waals surface area contributed by atoms with Crippen LogP contribution in [0.4, 0.5) is 0 Å². The lowest BCUT2D eigenvalue weighted by atomic mass is 9.93. The number of rotatable bonds is 2. The van der Waals surface area contributed by atoms with Crippen molar-refractivity contribution in [1.29, 1.82) is 0 Å². The molecule has 1 heterocycles. The highest BCUT2D eigenvalue weighted by atomic mass is 16.3. The molecule has 2 rings (SSSR count). The van der Waals surface area contributed by atoms with Crippen molar-refractivity contribution in [2.45, 2.75) is 50.6 Å². The Morgan fingerprint density at radius 1 is 1.18 bits per heavy atom. The average Bonchev–Trinajstić information content (AvgIpc) is 2.49. The first-order valence-electron chi connectivity index (χ1n) is 6.85. The van der Waals surface area contributed by atoms with E-state index in [-0.39, 0.29) is 18.6 Å². The van der Waals surface area contributed by atoms with Gasteiger partial charge in [0, 0.05) is 19.1 Å². The maximum Gasteiger partial charge on any atom is 0.242 e. The van der Waals surface area contributed by atoms with Gasteiger partial charge in [0.2, 0.25) is 5.91 Å². The van der Waals surface area contributed by atoms with Gasteiger partial charge in [-0.1, -0.05) is 19.3 Å². The van der Waals surface area contributed by atoms with Crippen LogP contribution in [0, 0.1) is 0 Å². The molecule has 2 aliphatic rings. The van der Waals surface area contributed by atoms with Crippen LogP contribution in [0.1, 0.15) is 38.5 Å². The maximum absolute atomic E-state index is 12.4. The number of aliphatic hydroxyl groups is 1. The molecular formula is C13H24N2O2. The molecule has 1 unspecified atom stereocenters. The van der Waals surface area contributed by atoms with E-state index < -0.39 is 0 Å². The summed E-state index contributed by atoms with van der Waals surface area (Å²) in [7, 11) is 1.93. The highest BCUT2D eigenvalue weighted by molar-refractivity contribution is 5.82. The maximum atomic E-state index is 12.4. The van der Waals surface area contributed by atoms with E-state index in [9.17, 15) is 9.90 Å². The molecule has 0 aromatic carbocycles. The van der Waals surface area contributed by atoms with Gasteiger partial charge in [-0.25, -0.2) is 0 Å². The molecule has 0 radical (unpaired) electrons. The second-order valence-electron chi connectivity index (χ2n) is 5.36. The Morgan fingerprint density at radius 2 is 1.88 bits per heavy atom. The Kier molecular flexibility index (Phi) is 4.40. The van der Waals surface area contributed by atoms with Crippen LogP contribution in [0.3, 0.4) is 0 Å². The minimum Gasteiger partial charge on any atom is -0.394 e. The van der Waals surface area contributed by atoms with Crippen molar-refractivity contribution in [1.82, 2.24) is 9.80 Å². The molecule has 2 fully saturated rings. The lowest BCUT2D eigenvalue weighted by Gasteiger charge is -2.35. The predicted molar refractivity (Wildman–Crippen MR) is 66.7 cm³/mol. The predicted octanol–water partition coefficient (Wildman–Crippen LogP) is 0.844. The SMILES string of the molecule is CN1CCCN(C2CCCCC2)C(=O)C1CO. The standard InChI is InChI=1S/C13H24N2O2/c1-14-8-5-9-15(13(17)12(14)10-16)11-6-3-2-4-7-11/h11-12,16H,2-10H2,1H3. The van der Waals surface area contributed by atoms with E-state index in [2.05, 4.69) is 0 Å². The van der Waals surface area contributed by atoms with E-state index in [1.54, 1.807) is 0 Å². The van der Waals surface area contributed by atoms with Crippen molar-refractivity contribution in [3.63, 3.8) is 0 Å². The minimum atomic E-state index is -0.320. The van der Waals surface area contributed by atoms with Crippen molar-refractivity contribution in [3.8, 4) is 0 Å². The van der Waals surface area contributed by atoms with Crippen molar-refractivity contribution in [2.75, 3.05) is 26.7 Å². The third-order valence-electron chi connectivity index (χ3n) is 4.20. The summed E-state index contributed by atoms with van der Waals surface area (Å²) in [6.07, 6.45) is 7.11. The third kappa shape index (κ3) is 2.80. The van der Waals surface area contributed by atoms with Crippen LogP contribution in [0.25, 0.3) is 0 Å². The van der Waals surface area contributed by atoms with Crippen molar-refractivity contribution in [2.24, 2.45) is 0 Å². The summed E-state index contributed by atoms with van der Waals surface area (Å²) >= 11 is 0. The second kappa shape index (κ2) is 5.83. The number of hydrogen-bond acceptors (Lipinski definition) is 3. The number of carbonyl (C=O) groups is 1. The molecule has 1 amide bonds. The fraction of sp³-hybridized carbons (Fsp3) is 0.923. The molecule has 0 aromatic rings. The molecule has 1 aliphatic carbocycles. The molecule has 0 bridgehead atoms. The van der Waals surface area contributed by atoms with Gasteiger partial charge in [-0.2, -0.15) is 0 Å². The molecule has 1 atom stereocenters. The fourth-order valence-corrected chi connectivity index (χ4v) is 3.11. The van der Waals surface area contributed by atoms with Gasteiger partial charge in [0.1, 0.15) is 6.04 Å². The van der Waals surface area contributed by atoms with Crippen LogP contribution in [-0.4, -0.2) is 59.6 Å². The number of amides is 1. The summed E-state index contributed by atoms with van der Waals surface area (Å²) in [5.74, 6) is 0.138. The zero-order valence-corrected chi connectivity index (χ0v) is 10.8. The smallest absolute Gasteiger partial charge is 0.242 e. The first kappa shape index (κ1) is 12.8. The summed E-state index contributed by atoms with van der Waals surface area (Å²) in [6.45, 7) is 1.71. The molecule has 0 aromatic heterocycles. The Morgan fingerprint density at radius 3 is 2.53 bits per heavy atom. The number of hydrogen-bond donors (Lipinski definition) is 1. The zero-order chi connectivity index (χ0) is 12.3. The second-order valence-corrected chi connectivity index (χ2v) is 5.36. The largest absolute Gasteiger partial charge is 0.394 e. The molecule has 1 aliphatic heterocycles. The number of nitrogens with zero attached hydrogens (tertiary/aromatic N) is 2. The van der Waals surface area contributed by atoms with Gasteiger partial charge in [-0.15, -0.1) is 0 Å². The first-order chi connectivity index (χ1) is 8.24. The molecule has 1 saturated heterocycles. The highest BCUT2D eigenvalue weighted by Crippen LogP contribution is 2.25. The van der Waals surface area contributed by atoms with Gasteiger partial charge in [-0.05, 0) is 26.3 Å². The quantitative estimate of drug-likeness (QED) is 0.778.